The van der Waals surface area contributed by atoms with Gasteiger partial charge in [-0.1, -0.05) is 13.8 Å². The van der Waals surface area contributed by atoms with Gasteiger partial charge in [-0.3, -0.25) is 4.99 Å². The number of nitrogens with one attached hydrogen (secondary N) is 2. The Balaban J connectivity index is 2.23. The van der Waals surface area contributed by atoms with Gasteiger partial charge in [-0.25, -0.2) is 4.98 Å². The van der Waals surface area contributed by atoms with E-state index in [4.69, 9.17) is 0 Å². The molecule has 19 heavy (non-hydrogen) atoms. The highest BCUT2D eigenvalue weighted by Gasteiger charge is 1.98. The van der Waals surface area contributed by atoms with Crippen molar-refractivity contribution in [2.45, 2.75) is 40.2 Å². The van der Waals surface area contributed by atoms with E-state index in [-0.39, 0.29) is 0 Å². The first kappa shape index (κ1) is 15.5. The third kappa shape index (κ3) is 7.49. The standard InChI is InChI=1S/C14H27N5/c1-4-16-14(18-8-6-13(2)3)17-7-5-10-19-11-9-15-12-19/h9,11-13H,4-8,10H2,1-3H3,(H2,16,17,18). The van der Waals surface area contributed by atoms with E-state index in [1.54, 1.807) is 6.20 Å². The maximum absolute atomic E-state index is 4.57. The first-order valence-corrected chi connectivity index (χ1v) is 7.20. The lowest BCUT2D eigenvalue weighted by Crippen LogP contribution is -2.38. The highest BCUT2D eigenvalue weighted by atomic mass is 15.2. The average molecular weight is 265 g/mol. The molecular weight excluding hydrogens is 238 g/mol. The zero-order valence-electron chi connectivity index (χ0n) is 12.4. The van der Waals surface area contributed by atoms with E-state index >= 15 is 0 Å². The first-order valence-electron chi connectivity index (χ1n) is 7.20. The predicted molar refractivity (Wildman–Crippen MR) is 80.3 cm³/mol. The second-order valence-electron chi connectivity index (χ2n) is 5.02. The predicted octanol–water partition coefficient (Wildman–Crippen LogP) is 1.87. The molecule has 0 saturated carbocycles. The van der Waals surface area contributed by atoms with Gasteiger partial charge in [0.2, 0.25) is 0 Å². The lowest BCUT2D eigenvalue weighted by Gasteiger charge is -2.12. The van der Waals surface area contributed by atoms with Crippen molar-refractivity contribution in [3.63, 3.8) is 0 Å². The molecular formula is C14H27N5. The van der Waals surface area contributed by atoms with Crippen LogP contribution in [-0.4, -0.2) is 35.1 Å². The van der Waals surface area contributed by atoms with E-state index in [1.807, 2.05) is 12.5 Å². The minimum absolute atomic E-state index is 0.719. The molecule has 0 aliphatic carbocycles. The number of aromatic nitrogens is 2. The molecule has 0 aliphatic heterocycles. The topological polar surface area (TPSA) is 54.2 Å². The minimum atomic E-state index is 0.719. The molecule has 1 aromatic heterocycles. The number of hydrogen-bond acceptors (Lipinski definition) is 2. The first-order chi connectivity index (χ1) is 9.22. The van der Waals surface area contributed by atoms with E-state index in [0.29, 0.717) is 0 Å². The van der Waals surface area contributed by atoms with E-state index in [9.17, 15) is 0 Å². The number of guanidine groups is 1. The highest BCUT2D eigenvalue weighted by Crippen LogP contribution is 1.96. The van der Waals surface area contributed by atoms with Crippen LogP contribution in [0.25, 0.3) is 0 Å². The summed E-state index contributed by atoms with van der Waals surface area (Å²) in [6, 6.07) is 0. The van der Waals surface area contributed by atoms with Crippen LogP contribution < -0.4 is 10.6 Å². The van der Waals surface area contributed by atoms with Gasteiger partial charge in [0.25, 0.3) is 0 Å². The van der Waals surface area contributed by atoms with Crippen molar-refractivity contribution in [3.05, 3.63) is 18.7 Å². The van der Waals surface area contributed by atoms with Crippen molar-refractivity contribution >= 4 is 5.96 Å². The fraction of sp³-hybridized carbons (Fsp3) is 0.714. The van der Waals surface area contributed by atoms with E-state index < -0.39 is 0 Å². The molecule has 0 fully saturated rings. The smallest absolute Gasteiger partial charge is 0.191 e. The number of imidazole rings is 1. The summed E-state index contributed by atoms with van der Waals surface area (Å²) in [5.41, 5.74) is 0. The lowest BCUT2D eigenvalue weighted by atomic mass is 10.1. The van der Waals surface area contributed by atoms with Crippen LogP contribution >= 0.6 is 0 Å². The quantitative estimate of drug-likeness (QED) is 0.429. The van der Waals surface area contributed by atoms with Gasteiger partial charge in [-0.05, 0) is 25.7 Å². The number of rotatable bonds is 8. The third-order valence-electron chi connectivity index (χ3n) is 2.76. The molecule has 5 heteroatoms. The van der Waals surface area contributed by atoms with Gasteiger partial charge in [-0.15, -0.1) is 0 Å². The minimum Gasteiger partial charge on any atom is -0.357 e. The van der Waals surface area contributed by atoms with Crippen molar-refractivity contribution in [3.8, 4) is 0 Å². The Labute approximate surface area is 116 Å². The van der Waals surface area contributed by atoms with Crippen LogP contribution in [-0.2, 0) is 6.54 Å². The molecule has 0 saturated heterocycles. The molecule has 0 atom stereocenters. The average Bonchev–Trinajstić information content (AvgIpc) is 2.87. The number of hydrogen-bond donors (Lipinski definition) is 2. The zero-order chi connectivity index (χ0) is 13.9. The molecule has 0 spiro atoms. The second-order valence-corrected chi connectivity index (χ2v) is 5.02. The number of nitrogens with zero attached hydrogens (tertiary/aromatic N) is 3. The maximum Gasteiger partial charge on any atom is 0.191 e. The molecule has 0 radical (unpaired) electrons. The molecule has 5 nitrogen and oxygen atoms in total. The Hall–Kier alpha value is -1.52. The Morgan fingerprint density at radius 3 is 2.84 bits per heavy atom. The Bertz CT molecular complexity index is 343. The number of aryl methyl sites for hydroxylation is 1. The van der Waals surface area contributed by atoms with Crippen LogP contribution in [0.4, 0.5) is 0 Å². The van der Waals surface area contributed by atoms with Gasteiger partial charge in [0.15, 0.2) is 5.96 Å². The maximum atomic E-state index is 4.57. The molecule has 2 N–H and O–H groups in total. The second kappa shape index (κ2) is 9.42. The summed E-state index contributed by atoms with van der Waals surface area (Å²) in [6.45, 7) is 10.2. The molecule has 0 bridgehead atoms. The fourth-order valence-electron chi connectivity index (χ4n) is 1.68. The summed E-state index contributed by atoms with van der Waals surface area (Å²) in [5.74, 6) is 1.64. The Morgan fingerprint density at radius 1 is 1.37 bits per heavy atom. The van der Waals surface area contributed by atoms with Crippen molar-refractivity contribution in [1.82, 2.24) is 20.2 Å². The summed E-state index contributed by atoms with van der Waals surface area (Å²) in [4.78, 5) is 8.60. The van der Waals surface area contributed by atoms with Gasteiger partial charge in [0.05, 0.1) is 6.33 Å². The van der Waals surface area contributed by atoms with Crippen LogP contribution in [0.3, 0.4) is 0 Å². The SMILES string of the molecule is CCNC(=NCCCn1ccnc1)NCCC(C)C. The third-order valence-corrected chi connectivity index (χ3v) is 2.76. The number of aliphatic imine (C=N–C) groups is 1. The fourth-order valence-corrected chi connectivity index (χ4v) is 1.68. The van der Waals surface area contributed by atoms with Gasteiger partial charge < -0.3 is 15.2 Å². The summed E-state index contributed by atoms with van der Waals surface area (Å²) in [5, 5.41) is 6.64. The summed E-state index contributed by atoms with van der Waals surface area (Å²) >= 11 is 0. The van der Waals surface area contributed by atoms with E-state index in [0.717, 1.165) is 44.5 Å². The van der Waals surface area contributed by atoms with Crippen LogP contribution in [0.1, 0.15) is 33.6 Å². The van der Waals surface area contributed by atoms with Crippen molar-refractivity contribution in [1.29, 1.82) is 0 Å². The van der Waals surface area contributed by atoms with Crippen molar-refractivity contribution in [2.75, 3.05) is 19.6 Å². The summed E-state index contributed by atoms with van der Waals surface area (Å²) < 4.78 is 2.08. The molecule has 1 heterocycles. The van der Waals surface area contributed by atoms with Gasteiger partial charge in [-0.2, -0.15) is 0 Å². The summed E-state index contributed by atoms with van der Waals surface area (Å²) in [7, 11) is 0. The van der Waals surface area contributed by atoms with Crippen LogP contribution in [0.2, 0.25) is 0 Å². The Morgan fingerprint density at radius 2 is 2.21 bits per heavy atom. The molecule has 1 aromatic rings. The van der Waals surface area contributed by atoms with Gasteiger partial charge >= 0.3 is 0 Å². The largest absolute Gasteiger partial charge is 0.357 e. The molecule has 0 aromatic carbocycles. The van der Waals surface area contributed by atoms with Crippen molar-refractivity contribution in [2.24, 2.45) is 10.9 Å². The lowest BCUT2D eigenvalue weighted by molar-refractivity contribution is 0.573. The normalized spacial score (nSPS) is 11.9. The Kier molecular flexibility index (Phi) is 7.70. The molecule has 0 unspecified atom stereocenters. The van der Waals surface area contributed by atoms with E-state index in [2.05, 4.69) is 45.9 Å². The molecule has 0 amide bonds. The van der Waals surface area contributed by atoms with Gasteiger partial charge in [0.1, 0.15) is 0 Å². The molecule has 0 aliphatic rings. The van der Waals surface area contributed by atoms with E-state index in [1.165, 1.54) is 6.42 Å². The van der Waals surface area contributed by atoms with Crippen LogP contribution in [0.5, 0.6) is 0 Å². The monoisotopic (exact) mass is 265 g/mol. The van der Waals surface area contributed by atoms with Crippen LogP contribution in [0.15, 0.2) is 23.7 Å². The summed E-state index contributed by atoms with van der Waals surface area (Å²) in [6.07, 6.45) is 7.82. The van der Waals surface area contributed by atoms with Crippen molar-refractivity contribution < 1.29 is 0 Å². The molecule has 1 rings (SSSR count). The molecule has 108 valence electrons. The van der Waals surface area contributed by atoms with Gasteiger partial charge in [0, 0.05) is 38.6 Å². The highest BCUT2D eigenvalue weighted by molar-refractivity contribution is 5.79. The zero-order valence-corrected chi connectivity index (χ0v) is 12.4. The van der Waals surface area contributed by atoms with Crippen LogP contribution in [0, 0.1) is 5.92 Å².